The van der Waals surface area contributed by atoms with E-state index in [1.165, 1.54) is 11.0 Å². The summed E-state index contributed by atoms with van der Waals surface area (Å²) >= 11 is 0. The Bertz CT molecular complexity index is 908. The van der Waals surface area contributed by atoms with Gasteiger partial charge in [-0.25, -0.2) is 9.18 Å². The molecule has 4 heterocycles. The van der Waals surface area contributed by atoms with Gasteiger partial charge in [0.1, 0.15) is 30.3 Å². The van der Waals surface area contributed by atoms with Gasteiger partial charge in [0.05, 0.1) is 36.5 Å². The topological polar surface area (TPSA) is 80.3 Å². The van der Waals surface area contributed by atoms with E-state index in [2.05, 4.69) is 5.32 Å². The molecule has 2 atom stereocenters. The molecule has 160 valence electrons. The van der Waals surface area contributed by atoms with Gasteiger partial charge >= 0.3 is 6.09 Å². The molecule has 8 nitrogen and oxygen atoms in total. The Hall–Kier alpha value is -2.55. The molecule has 6 rings (SSSR count). The summed E-state index contributed by atoms with van der Waals surface area (Å²) < 4.78 is 31.6. The fraction of sp³-hybridized carbons (Fsp3) is 0.619. The monoisotopic (exact) mass is 417 g/mol. The van der Waals surface area contributed by atoms with Crippen molar-refractivity contribution < 1.29 is 28.2 Å². The summed E-state index contributed by atoms with van der Waals surface area (Å²) in [5.74, 6) is 0.168. The molecule has 1 N–H and O–H groups in total. The van der Waals surface area contributed by atoms with E-state index >= 15 is 0 Å². The molecule has 9 heteroatoms. The van der Waals surface area contributed by atoms with Gasteiger partial charge in [0.15, 0.2) is 0 Å². The number of benzene rings is 1. The Kier molecular flexibility index (Phi) is 3.93. The summed E-state index contributed by atoms with van der Waals surface area (Å²) in [6.45, 7) is 3.46. The second-order valence-corrected chi connectivity index (χ2v) is 9.16. The van der Waals surface area contributed by atoms with Crippen LogP contribution in [0.3, 0.4) is 0 Å². The van der Waals surface area contributed by atoms with E-state index in [1.54, 1.807) is 6.07 Å². The molecule has 4 aliphatic heterocycles. The first-order chi connectivity index (χ1) is 14.5. The number of nitrogens with one attached hydrogen (secondary N) is 1. The van der Waals surface area contributed by atoms with Crippen LogP contribution in [0.5, 0.6) is 5.75 Å². The van der Waals surface area contributed by atoms with E-state index in [1.807, 2.05) is 4.90 Å². The number of hydrogen-bond acceptors (Lipinski definition) is 6. The maximum absolute atomic E-state index is 14.9. The number of rotatable bonds is 4. The van der Waals surface area contributed by atoms with Gasteiger partial charge in [-0.2, -0.15) is 0 Å². The number of nitrogens with zero attached hydrogens (tertiary/aromatic N) is 2. The zero-order valence-electron chi connectivity index (χ0n) is 16.6. The first kappa shape index (κ1) is 18.2. The third-order valence-corrected chi connectivity index (χ3v) is 7.07. The van der Waals surface area contributed by atoms with Gasteiger partial charge in [-0.15, -0.1) is 0 Å². The van der Waals surface area contributed by atoms with E-state index in [9.17, 15) is 14.0 Å². The molecule has 0 unspecified atom stereocenters. The lowest BCUT2D eigenvalue weighted by molar-refractivity contribution is -0.127. The summed E-state index contributed by atoms with van der Waals surface area (Å²) in [5.41, 5.74) is 1.04. The van der Waals surface area contributed by atoms with Crippen molar-refractivity contribution in [1.29, 1.82) is 0 Å². The van der Waals surface area contributed by atoms with Gasteiger partial charge in [0.2, 0.25) is 5.91 Å². The molecule has 4 fully saturated rings. The zero-order chi connectivity index (χ0) is 20.5. The van der Waals surface area contributed by atoms with Gasteiger partial charge in [0, 0.05) is 31.1 Å². The molecule has 2 amide bonds. The van der Waals surface area contributed by atoms with E-state index in [0.29, 0.717) is 17.1 Å². The Morgan fingerprint density at radius 1 is 1.23 bits per heavy atom. The number of cyclic esters (lactones) is 1. The predicted octanol–water partition coefficient (Wildman–Crippen LogP) is 1.66. The molecule has 0 aromatic heterocycles. The van der Waals surface area contributed by atoms with E-state index in [0.717, 1.165) is 45.6 Å². The molecular formula is C21H24FN3O5. The number of carbonyl (C=O) groups is 2. The van der Waals surface area contributed by atoms with Gasteiger partial charge in [-0.1, -0.05) is 6.42 Å². The zero-order valence-corrected chi connectivity index (χ0v) is 16.6. The van der Waals surface area contributed by atoms with Crippen molar-refractivity contribution >= 4 is 23.4 Å². The van der Waals surface area contributed by atoms with Gasteiger partial charge in [-0.3, -0.25) is 9.69 Å². The number of amides is 2. The molecule has 1 spiro atoms. The van der Waals surface area contributed by atoms with Crippen LogP contribution in [0.2, 0.25) is 0 Å². The lowest BCUT2D eigenvalue weighted by Gasteiger charge is -2.56. The Morgan fingerprint density at radius 2 is 2.03 bits per heavy atom. The normalized spacial score (nSPS) is 28.5. The van der Waals surface area contributed by atoms with Crippen LogP contribution in [0.4, 0.5) is 20.6 Å². The standard InChI is InChI=1S/C21H24FN3O5/c22-13-4-15-17(5-14(13)24-8-21(9-24)10-28-11-21)29-7-16-18(30-20(27)25(15)16)6-23-19(26)12-2-1-3-12/h4-5,12,16,18H,1-3,6-11H2,(H,23,26)/t16-,18-/m0/s1. The van der Waals surface area contributed by atoms with Gasteiger partial charge < -0.3 is 24.4 Å². The molecule has 0 radical (unpaired) electrons. The van der Waals surface area contributed by atoms with E-state index in [-0.39, 0.29) is 36.2 Å². The maximum atomic E-state index is 14.9. The minimum atomic E-state index is -0.533. The van der Waals surface area contributed by atoms with Crippen LogP contribution in [-0.2, 0) is 14.3 Å². The molecule has 3 saturated heterocycles. The Labute approximate surface area is 173 Å². The van der Waals surface area contributed by atoms with Crippen molar-refractivity contribution in [3.05, 3.63) is 17.9 Å². The summed E-state index contributed by atoms with van der Waals surface area (Å²) in [6, 6.07) is 2.64. The van der Waals surface area contributed by atoms with E-state index in [4.69, 9.17) is 14.2 Å². The molecule has 1 aliphatic carbocycles. The highest BCUT2D eigenvalue weighted by molar-refractivity contribution is 5.94. The van der Waals surface area contributed by atoms with Crippen molar-refractivity contribution in [3.8, 4) is 5.75 Å². The van der Waals surface area contributed by atoms with E-state index < -0.39 is 18.2 Å². The summed E-state index contributed by atoms with van der Waals surface area (Å²) in [5, 5.41) is 2.88. The highest BCUT2D eigenvalue weighted by Crippen LogP contribution is 2.46. The van der Waals surface area contributed by atoms with Crippen molar-refractivity contribution in [3.63, 3.8) is 0 Å². The number of carbonyl (C=O) groups excluding carboxylic acids is 2. The smallest absolute Gasteiger partial charge is 0.415 e. The molecule has 0 bridgehead atoms. The van der Waals surface area contributed by atoms with Crippen LogP contribution < -0.4 is 19.9 Å². The number of ether oxygens (including phenoxy) is 3. The highest BCUT2D eigenvalue weighted by Gasteiger charge is 2.51. The molecule has 1 aromatic rings. The van der Waals surface area contributed by atoms with Crippen molar-refractivity contribution in [1.82, 2.24) is 5.32 Å². The lowest BCUT2D eigenvalue weighted by Crippen LogP contribution is -2.66. The van der Waals surface area contributed by atoms with Crippen LogP contribution in [0.1, 0.15) is 19.3 Å². The molecular weight excluding hydrogens is 393 g/mol. The first-order valence-corrected chi connectivity index (χ1v) is 10.6. The molecule has 1 aromatic carbocycles. The Balaban J connectivity index is 1.18. The molecule has 1 saturated carbocycles. The quantitative estimate of drug-likeness (QED) is 0.803. The summed E-state index contributed by atoms with van der Waals surface area (Å²) in [7, 11) is 0. The average Bonchev–Trinajstić information content (AvgIpc) is 2.93. The highest BCUT2D eigenvalue weighted by atomic mass is 19.1. The number of hydrogen-bond donors (Lipinski definition) is 1. The van der Waals surface area contributed by atoms with Crippen LogP contribution in [-0.4, -0.2) is 63.6 Å². The van der Waals surface area contributed by atoms with Gasteiger partial charge in [-0.05, 0) is 12.8 Å². The van der Waals surface area contributed by atoms with Crippen molar-refractivity contribution in [2.24, 2.45) is 11.3 Å². The van der Waals surface area contributed by atoms with Crippen molar-refractivity contribution in [2.75, 3.05) is 49.3 Å². The second kappa shape index (κ2) is 6.47. The predicted molar refractivity (Wildman–Crippen MR) is 104 cm³/mol. The largest absolute Gasteiger partial charge is 0.489 e. The average molecular weight is 417 g/mol. The lowest BCUT2D eigenvalue weighted by atomic mass is 9.77. The Morgan fingerprint density at radius 3 is 2.70 bits per heavy atom. The summed E-state index contributed by atoms with van der Waals surface area (Å²) in [4.78, 5) is 28.1. The summed E-state index contributed by atoms with van der Waals surface area (Å²) in [6.07, 6.45) is 1.85. The first-order valence-electron chi connectivity index (χ1n) is 10.6. The number of anilines is 2. The van der Waals surface area contributed by atoms with Crippen molar-refractivity contribution in [2.45, 2.75) is 31.4 Å². The number of fused-ring (bicyclic) bond motifs is 3. The second-order valence-electron chi connectivity index (χ2n) is 9.16. The number of halogens is 1. The fourth-order valence-corrected chi connectivity index (χ4v) is 4.98. The van der Waals surface area contributed by atoms with Gasteiger partial charge in [0.25, 0.3) is 0 Å². The molecule has 30 heavy (non-hydrogen) atoms. The maximum Gasteiger partial charge on any atom is 0.415 e. The third-order valence-electron chi connectivity index (χ3n) is 7.07. The SMILES string of the molecule is O=C(NC[C@@H]1OC(=O)N2c3cc(F)c(N4CC5(COC5)C4)cc3OC[C@@H]12)C1CCC1. The fourth-order valence-electron chi connectivity index (χ4n) is 4.98. The third kappa shape index (κ3) is 2.67. The molecule has 5 aliphatic rings. The van der Waals surface area contributed by atoms with Crippen LogP contribution in [0.25, 0.3) is 0 Å². The minimum absolute atomic E-state index is 0.00717. The van der Waals surface area contributed by atoms with Crippen LogP contribution >= 0.6 is 0 Å². The van der Waals surface area contributed by atoms with Crippen LogP contribution in [0.15, 0.2) is 12.1 Å². The minimum Gasteiger partial charge on any atom is -0.489 e. The van der Waals surface area contributed by atoms with Crippen LogP contribution in [0, 0.1) is 17.2 Å².